The quantitative estimate of drug-likeness (QED) is 0.867. The van der Waals surface area contributed by atoms with Gasteiger partial charge in [0.2, 0.25) is 0 Å². The van der Waals surface area contributed by atoms with Crippen molar-refractivity contribution in [2.75, 3.05) is 6.54 Å². The molecule has 2 N–H and O–H groups in total. The molecule has 1 aromatic carbocycles. The van der Waals surface area contributed by atoms with Crippen LogP contribution in [0.2, 0.25) is 0 Å². The fraction of sp³-hybridized carbons (Fsp3) is 0.625. The fourth-order valence-corrected chi connectivity index (χ4v) is 3.26. The molecule has 1 aliphatic rings. The zero-order valence-electron chi connectivity index (χ0n) is 11.5. The largest absolute Gasteiger partial charge is 0.373 e. The highest BCUT2D eigenvalue weighted by atomic mass is 16.5. The lowest BCUT2D eigenvalue weighted by Crippen LogP contribution is -2.29. The Morgan fingerprint density at radius 3 is 2.56 bits per heavy atom. The molecule has 1 saturated carbocycles. The summed E-state index contributed by atoms with van der Waals surface area (Å²) in [5, 5.41) is 0. The molecule has 1 aliphatic carbocycles. The van der Waals surface area contributed by atoms with Crippen molar-refractivity contribution in [2.45, 2.75) is 39.4 Å². The molecule has 0 heterocycles. The minimum Gasteiger partial charge on any atom is -0.373 e. The van der Waals surface area contributed by atoms with E-state index in [0.717, 1.165) is 12.5 Å². The van der Waals surface area contributed by atoms with Gasteiger partial charge >= 0.3 is 0 Å². The highest BCUT2D eigenvalue weighted by Crippen LogP contribution is 2.40. The number of nitrogens with two attached hydrogens (primary N) is 1. The third kappa shape index (κ3) is 2.93. The van der Waals surface area contributed by atoms with Gasteiger partial charge < -0.3 is 10.5 Å². The van der Waals surface area contributed by atoms with Crippen LogP contribution in [0, 0.1) is 17.8 Å². The molecule has 4 atom stereocenters. The molecule has 18 heavy (non-hydrogen) atoms. The van der Waals surface area contributed by atoms with E-state index < -0.39 is 0 Å². The van der Waals surface area contributed by atoms with Crippen molar-refractivity contribution in [1.29, 1.82) is 0 Å². The molecule has 0 saturated heterocycles. The van der Waals surface area contributed by atoms with Crippen LogP contribution in [0.4, 0.5) is 0 Å². The predicted molar refractivity (Wildman–Crippen MR) is 75.1 cm³/mol. The van der Waals surface area contributed by atoms with Crippen LogP contribution in [0.1, 0.15) is 32.3 Å². The zero-order chi connectivity index (χ0) is 13.0. The van der Waals surface area contributed by atoms with Crippen molar-refractivity contribution in [3.8, 4) is 0 Å². The van der Waals surface area contributed by atoms with Crippen LogP contribution < -0.4 is 5.73 Å². The molecule has 2 nitrogen and oxygen atoms in total. The van der Waals surface area contributed by atoms with Crippen molar-refractivity contribution < 1.29 is 4.74 Å². The Labute approximate surface area is 111 Å². The maximum absolute atomic E-state index is 6.16. The van der Waals surface area contributed by atoms with Crippen molar-refractivity contribution in [1.82, 2.24) is 0 Å². The zero-order valence-corrected chi connectivity index (χ0v) is 11.5. The topological polar surface area (TPSA) is 35.2 Å². The van der Waals surface area contributed by atoms with Crippen molar-refractivity contribution >= 4 is 0 Å². The average molecular weight is 247 g/mol. The summed E-state index contributed by atoms with van der Waals surface area (Å²) >= 11 is 0. The first kappa shape index (κ1) is 13.6. The molecule has 2 rings (SSSR count). The molecule has 100 valence electrons. The molecule has 1 fully saturated rings. The first-order chi connectivity index (χ1) is 8.76. The molecule has 0 aliphatic heterocycles. The number of benzene rings is 1. The van der Waals surface area contributed by atoms with Crippen molar-refractivity contribution in [3.05, 3.63) is 35.9 Å². The molecular weight excluding hydrogens is 222 g/mol. The maximum Gasteiger partial charge on any atom is 0.0720 e. The Morgan fingerprint density at radius 1 is 1.22 bits per heavy atom. The van der Waals surface area contributed by atoms with Crippen LogP contribution in [0.25, 0.3) is 0 Å². The van der Waals surface area contributed by atoms with E-state index in [2.05, 4.69) is 38.1 Å². The summed E-state index contributed by atoms with van der Waals surface area (Å²) in [4.78, 5) is 0. The smallest absolute Gasteiger partial charge is 0.0720 e. The summed E-state index contributed by atoms with van der Waals surface area (Å²) in [6.45, 7) is 6.05. The van der Waals surface area contributed by atoms with E-state index in [-0.39, 0.29) is 0 Å². The highest BCUT2D eigenvalue weighted by Gasteiger charge is 2.39. The van der Waals surface area contributed by atoms with Gasteiger partial charge in [0.15, 0.2) is 0 Å². The van der Waals surface area contributed by atoms with Gasteiger partial charge in [0.1, 0.15) is 0 Å². The second-order valence-electron chi connectivity index (χ2n) is 5.52. The second kappa shape index (κ2) is 6.35. The molecule has 0 spiro atoms. The summed E-state index contributed by atoms with van der Waals surface area (Å²) in [6.07, 6.45) is 2.80. The Kier molecular flexibility index (Phi) is 4.79. The van der Waals surface area contributed by atoms with E-state index in [0.29, 0.717) is 24.5 Å². The first-order valence-electron chi connectivity index (χ1n) is 7.11. The van der Waals surface area contributed by atoms with Gasteiger partial charge in [-0.1, -0.05) is 50.6 Å². The van der Waals surface area contributed by atoms with E-state index in [1.807, 2.05) is 6.07 Å². The molecule has 0 radical (unpaired) electrons. The van der Waals surface area contributed by atoms with Crippen molar-refractivity contribution in [3.63, 3.8) is 0 Å². The van der Waals surface area contributed by atoms with E-state index in [1.165, 1.54) is 18.4 Å². The van der Waals surface area contributed by atoms with Gasteiger partial charge in [0.05, 0.1) is 12.7 Å². The SMILES string of the molecule is CC[C@H]1C[C@H](CN)[C@H](OCc2ccccc2)[C@@H]1C. The van der Waals surface area contributed by atoms with Crippen LogP contribution in [-0.2, 0) is 11.3 Å². The van der Waals surface area contributed by atoms with Crippen LogP contribution in [0.3, 0.4) is 0 Å². The van der Waals surface area contributed by atoms with E-state index >= 15 is 0 Å². The summed E-state index contributed by atoms with van der Waals surface area (Å²) in [6, 6.07) is 10.4. The average Bonchev–Trinajstić information content (AvgIpc) is 2.73. The lowest BCUT2D eigenvalue weighted by molar-refractivity contribution is -0.00938. The number of ether oxygens (including phenoxy) is 1. The standard InChI is InChI=1S/C16H25NO/c1-3-14-9-15(10-17)16(12(14)2)18-11-13-7-5-4-6-8-13/h4-8,12,14-16H,3,9-11,17H2,1-2H3/t12-,14+,15-,16-/m1/s1. The molecule has 0 aromatic heterocycles. The van der Waals surface area contributed by atoms with Gasteiger partial charge in [-0.3, -0.25) is 0 Å². The Hall–Kier alpha value is -0.860. The van der Waals surface area contributed by atoms with Gasteiger partial charge in [-0.05, 0) is 36.3 Å². The Morgan fingerprint density at radius 2 is 1.94 bits per heavy atom. The number of hydrogen-bond donors (Lipinski definition) is 1. The van der Waals surface area contributed by atoms with Gasteiger partial charge in [-0.15, -0.1) is 0 Å². The molecule has 0 amide bonds. The van der Waals surface area contributed by atoms with E-state index in [1.54, 1.807) is 0 Å². The van der Waals surface area contributed by atoms with Gasteiger partial charge in [-0.2, -0.15) is 0 Å². The molecule has 0 bridgehead atoms. The third-order valence-corrected chi connectivity index (χ3v) is 4.44. The fourth-order valence-electron chi connectivity index (χ4n) is 3.26. The van der Waals surface area contributed by atoms with Crippen LogP contribution >= 0.6 is 0 Å². The summed E-state index contributed by atoms with van der Waals surface area (Å²) in [5.41, 5.74) is 7.14. The monoisotopic (exact) mass is 247 g/mol. The molecular formula is C16H25NO. The Balaban J connectivity index is 1.95. The molecule has 0 unspecified atom stereocenters. The molecule has 1 aromatic rings. The third-order valence-electron chi connectivity index (χ3n) is 4.44. The van der Waals surface area contributed by atoms with Crippen molar-refractivity contribution in [2.24, 2.45) is 23.5 Å². The van der Waals surface area contributed by atoms with Crippen LogP contribution in [0.15, 0.2) is 30.3 Å². The van der Waals surface area contributed by atoms with E-state index in [4.69, 9.17) is 10.5 Å². The molecule has 2 heteroatoms. The van der Waals surface area contributed by atoms with Crippen LogP contribution in [-0.4, -0.2) is 12.6 Å². The van der Waals surface area contributed by atoms with Gasteiger partial charge in [0.25, 0.3) is 0 Å². The number of hydrogen-bond acceptors (Lipinski definition) is 2. The van der Waals surface area contributed by atoms with Crippen LogP contribution in [0.5, 0.6) is 0 Å². The second-order valence-corrected chi connectivity index (χ2v) is 5.52. The maximum atomic E-state index is 6.16. The normalized spacial score (nSPS) is 31.7. The van der Waals surface area contributed by atoms with E-state index in [9.17, 15) is 0 Å². The summed E-state index contributed by atoms with van der Waals surface area (Å²) in [7, 11) is 0. The minimum atomic E-state index is 0.333. The summed E-state index contributed by atoms with van der Waals surface area (Å²) < 4.78 is 6.16. The van der Waals surface area contributed by atoms with Gasteiger partial charge in [-0.25, -0.2) is 0 Å². The predicted octanol–water partition coefficient (Wildman–Crippen LogP) is 3.21. The number of rotatable bonds is 5. The lowest BCUT2D eigenvalue weighted by Gasteiger charge is -2.23. The minimum absolute atomic E-state index is 0.333. The highest BCUT2D eigenvalue weighted by molar-refractivity contribution is 5.13. The first-order valence-corrected chi connectivity index (χ1v) is 7.11. The van der Waals surface area contributed by atoms with Gasteiger partial charge in [0, 0.05) is 0 Å². The Bertz CT molecular complexity index is 349. The summed E-state index contributed by atoms with van der Waals surface area (Å²) in [5.74, 6) is 1.94. The lowest BCUT2D eigenvalue weighted by atomic mass is 9.94.